The Balaban J connectivity index is 2.43. The summed E-state index contributed by atoms with van der Waals surface area (Å²) in [5.74, 6) is -0.114. The van der Waals surface area contributed by atoms with Gasteiger partial charge in [0, 0.05) is 32.3 Å². The number of sulfone groups is 1. The molecule has 1 heterocycles. The van der Waals surface area contributed by atoms with Gasteiger partial charge >= 0.3 is 0 Å². The monoisotopic (exact) mass is 234 g/mol. The molecule has 0 atom stereocenters. The summed E-state index contributed by atoms with van der Waals surface area (Å²) in [6.07, 6.45) is 1.25. The Bertz CT molecular complexity index is 322. The number of hydrogen-bond donors (Lipinski definition) is 1. The highest BCUT2D eigenvalue weighted by molar-refractivity contribution is 7.90. The van der Waals surface area contributed by atoms with E-state index in [4.69, 9.17) is 0 Å². The Morgan fingerprint density at radius 1 is 1.47 bits per heavy atom. The number of nitrogens with one attached hydrogen (secondary N) is 1. The number of carbonyl (C=O) groups excluding carboxylic acids is 1. The third-order valence-corrected chi connectivity index (χ3v) is 3.49. The molecule has 0 aliphatic carbocycles. The van der Waals surface area contributed by atoms with Gasteiger partial charge in [-0.3, -0.25) is 4.79 Å². The molecule has 0 saturated carbocycles. The van der Waals surface area contributed by atoms with E-state index in [2.05, 4.69) is 5.32 Å². The fourth-order valence-electron chi connectivity index (χ4n) is 1.55. The molecule has 1 amide bonds. The maximum absolute atomic E-state index is 11.7. The highest BCUT2D eigenvalue weighted by atomic mass is 32.2. The number of likely N-dealkylation sites (N-methyl/N-ethyl adjacent to an activating group) is 1. The van der Waals surface area contributed by atoms with E-state index in [0.29, 0.717) is 6.54 Å². The molecule has 15 heavy (non-hydrogen) atoms. The van der Waals surface area contributed by atoms with Crippen LogP contribution < -0.4 is 5.32 Å². The van der Waals surface area contributed by atoms with Gasteiger partial charge in [0.05, 0.1) is 11.8 Å². The SMILES string of the molecule is CCN(C(=O)CCS(C)(=O)=O)C1CNC1. The number of rotatable bonds is 5. The lowest BCUT2D eigenvalue weighted by molar-refractivity contribution is -0.133. The minimum atomic E-state index is -3.04. The van der Waals surface area contributed by atoms with Crippen LogP contribution in [0.5, 0.6) is 0 Å². The van der Waals surface area contributed by atoms with Gasteiger partial charge in [0.1, 0.15) is 9.84 Å². The summed E-state index contributed by atoms with van der Waals surface area (Å²) in [4.78, 5) is 13.4. The fourth-order valence-corrected chi connectivity index (χ4v) is 2.09. The third kappa shape index (κ3) is 3.79. The summed E-state index contributed by atoms with van der Waals surface area (Å²) >= 11 is 0. The molecule has 0 aromatic heterocycles. The molecule has 0 aromatic carbocycles. The lowest BCUT2D eigenvalue weighted by Gasteiger charge is -2.37. The van der Waals surface area contributed by atoms with Crippen LogP contribution >= 0.6 is 0 Å². The van der Waals surface area contributed by atoms with Crippen molar-refractivity contribution in [2.24, 2.45) is 0 Å². The van der Waals surface area contributed by atoms with Crippen molar-refractivity contribution < 1.29 is 13.2 Å². The Morgan fingerprint density at radius 3 is 2.40 bits per heavy atom. The number of amides is 1. The summed E-state index contributed by atoms with van der Waals surface area (Å²) in [5.41, 5.74) is 0. The highest BCUT2D eigenvalue weighted by Gasteiger charge is 2.27. The van der Waals surface area contributed by atoms with Crippen LogP contribution in [-0.2, 0) is 14.6 Å². The molecule has 1 aliphatic heterocycles. The second-order valence-electron chi connectivity index (χ2n) is 3.87. The van der Waals surface area contributed by atoms with Crippen molar-refractivity contribution >= 4 is 15.7 Å². The number of hydrogen-bond acceptors (Lipinski definition) is 4. The lowest BCUT2D eigenvalue weighted by Crippen LogP contribution is -2.58. The van der Waals surface area contributed by atoms with Crippen LogP contribution in [0.3, 0.4) is 0 Å². The van der Waals surface area contributed by atoms with Crippen LogP contribution in [0.1, 0.15) is 13.3 Å². The van der Waals surface area contributed by atoms with Crippen LogP contribution in [0.4, 0.5) is 0 Å². The smallest absolute Gasteiger partial charge is 0.223 e. The quantitative estimate of drug-likeness (QED) is 0.679. The molecule has 6 heteroatoms. The summed E-state index contributed by atoms with van der Waals surface area (Å²) < 4.78 is 21.8. The van der Waals surface area contributed by atoms with Crippen molar-refractivity contribution in [2.45, 2.75) is 19.4 Å². The molecular formula is C9H18N2O3S. The first-order valence-corrected chi connectivity index (χ1v) is 7.18. The highest BCUT2D eigenvalue weighted by Crippen LogP contribution is 2.07. The number of carbonyl (C=O) groups is 1. The molecule has 0 aromatic rings. The van der Waals surface area contributed by atoms with E-state index in [1.807, 2.05) is 6.92 Å². The third-order valence-electron chi connectivity index (χ3n) is 2.55. The first-order chi connectivity index (χ1) is 6.94. The van der Waals surface area contributed by atoms with Crippen LogP contribution in [0.15, 0.2) is 0 Å². The summed E-state index contributed by atoms with van der Waals surface area (Å²) in [6.45, 7) is 4.20. The first kappa shape index (κ1) is 12.4. The molecule has 0 spiro atoms. The van der Waals surface area contributed by atoms with E-state index in [0.717, 1.165) is 19.3 Å². The average molecular weight is 234 g/mol. The second-order valence-corrected chi connectivity index (χ2v) is 6.13. The molecule has 0 radical (unpaired) electrons. The van der Waals surface area contributed by atoms with E-state index < -0.39 is 9.84 Å². The van der Waals surface area contributed by atoms with Crippen molar-refractivity contribution in [1.29, 1.82) is 0 Å². The van der Waals surface area contributed by atoms with Gasteiger partial charge in [0.2, 0.25) is 5.91 Å². The zero-order chi connectivity index (χ0) is 11.5. The second kappa shape index (κ2) is 4.94. The minimum Gasteiger partial charge on any atom is -0.337 e. The van der Waals surface area contributed by atoms with Crippen molar-refractivity contribution in [3.05, 3.63) is 0 Å². The molecule has 0 bridgehead atoms. The Hall–Kier alpha value is -0.620. The summed E-state index contributed by atoms with van der Waals surface area (Å²) in [7, 11) is -3.04. The van der Waals surface area contributed by atoms with E-state index >= 15 is 0 Å². The van der Waals surface area contributed by atoms with Crippen LogP contribution in [0.2, 0.25) is 0 Å². The first-order valence-electron chi connectivity index (χ1n) is 5.12. The predicted molar refractivity (Wildman–Crippen MR) is 58.4 cm³/mol. The van der Waals surface area contributed by atoms with Crippen LogP contribution in [0, 0.1) is 0 Å². The van der Waals surface area contributed by atoms with Gasteiger partial charge in [-0.15, -0.1) is 0 Å². The predicted octanol–water partition coefficient (Wildman–Crippen LogP) is -0.759. The van der Waals surface area contributed by atoms with Crippen molar-refractivity contribution in [2.75, 3.05) is 31.6 Å². The van der Waals surface area contributed by atoms with Crippen molar-refractivity contribution in [3.63, 3.8) is 0 Å². The van der Waals surface area contributed by atoms with Gasteiger partial charge in [0.15, 0.2) is 0 Å². The molecule has 1 fully saturated rings. The zero-order valence-corrected chi connectivity index (χ0v) is 10.0. The van der Waals surface area contributed by atoms with Crippen LogP contribution in [0.25, 0.3) is 0 Å². The van der Waals surface area contributed by atoms with E-state index in [1.54, 1.807) is 4.90 Å². The molecule has 1 saturated heterocycles. The molecule has 1 rings (SSSR count). The van der Waals surface area contributed by atoms with Crippen molar-refractivity contribution in [1.82, 2.24) is 10.2 Å². The average Bonchev–Trinajstić information content (AvgIpc) is 2.05. The maximum atomic E-state index is 11.7. The molecule has 1 N–H and O–H groups in total. The summed E-state index contributed by atoms with van der Waals surface area (Å²) in [5, 5.41) is 3.09. The van der Waals surface area contributed by atoms with E-state index in [9.17, 15) is 13.2 Å². The van der Waals surface area contributed by atoms with Gasteiger partial charge < -0.3 is 10.2 Å². The van der Waals surface area contributed by atoms with Crippen LogP contribution in [-0.4, -0.2) is 56.9 Å². The Morgan fingerprint density at radius 2 is 2.07 bits per heavy atom. The Kier molecular flexibility index (Phi) is 4.10. The maximum Gasteiger partial charge on any atom is 0.223 e. The normalized spacial score (nSPS) is 17.2. The van der Waals surface area contributed by atoms with Gasteiger partial charge in [-0.05, 0) is 6.92 Å². The van der Waals surface area contributed by atoms with Gasteiger partial charge in [0.25, 0.3) is 0 Å². The number of nitrogens with zero attached hydrogens (tertiary/aromatic N) is 1. The molecule has 1 aliphatic rings. The molecule has 5 nitrogen and oxygen atoms in total. The van der Waals surface area contributed by atoms with E-state index in [-0.39, 0.29) is 24.1 Å². The van der Waals surface area contributed by atoms with E-state index in [1.165, 1.54) is 0 Å². The van der Waals surface area contributed by atoms with Gasteiger partial charge in [-0.25, -0.2) is 8.42 Å². The van der Waals surface area contributed by atoms with Gasteiger partial charge in [-0.2, -0.15) is 0 Å². The van der Waals surface area contributed by atoms with Gasteiger partial charge in [-0.1, -0.05) is 0 Å². The molecular weight excluding hydrogens is 216 g/mol. The van der Waals surface area contributed by atoms with Crippen molar-refractivity contribution in [3.8, 4) is 0 Å². The molecule has 88 valence electrons. The summed E-state index contributed by atoms with van der Waals surface area (Å²) in [6, 6.07) is 0.252. The lowest BCUT2D eigenvalue weighted by atomic mass is 10.1. The Labute approximate surface area is 90.7 Å². The topological polar surface area (TPSA) is 66.5 Å². The zero-order valence-electron chi connectivity index (χ0n) is 9.19. The largest absolute Gasteiger partial charge is 0.337 e. The fraction of sp³-hybridized carbons (Fsp3) is 0.889. The standard InChI is InChI=1S/C9H18N2O3S/c1-3-11(8-6-10-7-8)9(12)4-5-15(2,13)14/h8,10H,3-7H2,1-2H3. The molecule has 0 unspecified atom stereocenters. The minimum absolute atomic E-state index is 0.0531.